The van der Waals surface area contributed by atoms with Crippen LogP contribution in [0.5, 0.6) is 0 Å². The van der Waals surface area contributed by atoms with Crippen molar-refractivity contribution in [2.75, 3.05) is 14.1 Å². The van der Waals surface area contributed by atoms with Gasteiger partial charge in [-0.05, 0) is 14.0 Å². The normalized spacial score (nSPS) is 49.3. The molecule has 1 fully saturated rings. The summed E-state index contributed by atoms with van der Waals surface area (Å²) in [6.45, 7) is 1.97. The third kappa shape index (κ3) is 0.627. The van der Waals surface area contributed by atoms with Crippen LogP contribution in [0.4, 0.5) is 0 Å². The molecule has 1 saturated heterocycles. The summed E-state index contributed by atoms with van der Waals surface area (Å²) in [4.78, 5) is 4.98. The summed E-state index contributed by atoms with van der Waals surface area (Å²) in [7, 11) is 3.75. The quantitative estimate of drug-likeness (QED) is 0.463. The third-order valence-electron chi connectivity index (χ3n) is 1.35. The zero-order valence-electron chi connectivity index (χ0n) is 4.86. The summed E-state index contributed by atoms with van der Waals surface area (Å²) < 4.78 is 0. The van der Waals surface area contributed by atoms with Crippen molar-refractivity contribution >= 4 is 0 Å². The van der Waals surface area contributed by atoms with Gasteiger partial charge in [0, 0.05) is 7.05 Å². The van der Waals surface area contributed by atoms with Crippen molar-refractivity contribution in [1.29, 1.82) is 0 Å². The largest absolute Gasteiger partial charge is 0.277 e. The monoisotopic (exact) mass is 102 g/mol. The standard InChI is InChI=1S/C4H10N2O/c1-4(5-2)6(3)7-4/h5H,1-3H3. The molecule has 0 saturated carbocycles. The van der Waals surface area contributed by atoms with Gasteiger partial charge >= 0.3 is 0 Å². The van der Waals surface area contributed by atoms with E-state index in [9.17, 15) is 0 Å². The summed E-state index contributed by atoms with van der Waals surface area (Å²) in [6.07, 6.45) is 0. The maximum atomic E-state index is 4.98. The first kappa shape index (κ1) is 5.03. The van der Waals surface area contributed by atoms with E-state index >= 15 is 0 Å². The topological polar surface area (TPSA) is 27.6 Å². The predicted molar refractivity (Wildman–Crippen MR) is 26.3 cm³/mol. The van der Waals surface area contributed by atoms with Gasteiger partial charge in [-0.15, -0.1) is 5.06 Å². The van der Waals surface area contributed by atoms with Crippen LogP contribution in [0.15, 0.2) is 0 Å². The van der Waals surface area contributed by atoms with Gasteiger partial charge in [-0.1, -0.05) is 0 Å². The van der Waals surface area contributed by atoms with Gasteiger partial charge < -0.3 is 0 Å². The first-order chi connectivity index (χ1) is 3.19. The van der Waals surface area contributed by atoms with Crippen LogP contribution in [0.2, 0.25) is 0 Å². The molecular formula is C4H10N2O. The fourth-order valence-electron chi connectivity index (χ4n) is 0.449. The summed E-state index contributed by atoms with van der Waals surface area (Å²) in [5, 5.41) is 4.73. The van der Waals surface area contributed by atoms with E-state index < -0.39 is 0 Å². The van der Waals surface area contributed by atoms with Crippen molar-refractivity contribution in [3.8, 4) is 0 Å². The second kappa shape index (κ2) is 1.18. The molecule has 1 aliphatic rings. The highest BCUT2D eigenvalue weighted by molar-refractivity contribution is 4.72. The lowest BCUT2D eigenvalue weighted by Gasteiger charge is -1.96. The zero-order chi connectivity index (χ0) is 5.49. The van der Waals surface area contributed by atoms with Gasteiger partial charge in [0.05, 0.1) is 0 Å². The lowest BCUT2D eigenvalue weighted by molar-refractivity contribution is 0.216. The van der Waals surface area contributed by atoms with Crippen molar-refractivity contribution in [1.82, 2.24) is 10.4 Å². The molecule has 0 bridgehead atoms. The molecule has 2 unspecified atom stereocenters. The first-order valence-corrected chi connectivity index (χ1v) is 2.31. The molecule has 0 aromatic carbocycles. The molecule has 42 valence electrons. The molecule has 0 aliphatic carbocycles. The Morgan fingerprint density at radius 3 is 2.14 bits per heavy atom. The van der Waals surface area contributed by atoms with Gasteiger partial charge in [0.2, 0.25) is 5.85 Å². The van der Waals surface area contributed by atoms with Crippen LogP contribution in [-0.2, 0) is 4.84 Å². The number of hydrogen-bond acceptors (Lipinski definition) is 3. The first-order valence-electron chi connectivity index (χ1n) is 2.31. The van der Waals surface area contributed by atoms with Crippen molar-refractivity contribution in [2.24, 2.45) is 0 Å². The molecular weight excluding hydrogens is 92.1 g/mol. The van der Waals surface area contributed by atoms with E-state index in [1.165, 1.54) is 0 Å². The van der Waals surface area contributed by atoms with Crippen molar-refractivity contribution in [3.05, 3.63) is 0 Å². The Bertz CT molecular complexity index is 81.8. The van der Waals surface area contributed by atoms with Crippen LogP contribution in [0.25, 0.3) is 0 Å². The molecule has 1 heterocycles. The van der Waals surface area contributed by atoms with E-state index in [4.69, 9.17) is 4.84 Å². The zero-order valence-corrected chi connectivity index (χ0v) is 4.86. The van der Waals surface area contributed by atoms with Crippen LogP contribution in [0.1, 0.15) is 6.92 Å². The number of nitrogens with zero attached hydrogens (tertiary/aromatic N) is 1. The maximum absolute atomic E-state index is 4.98. The van der Waals surface area contributed by atoms with Gasteiger partial charge in [0.25, 0.3) is 0 Å². The lowest BCUT2D eigenvalue weighted by Crippen LogP contribution is -2.28. The summed E-state index contributed by atoms with van der Waals surface area (Å²) >= 11 is 0. The van der Waals surface area contributed by atoms with E-state index in [0.717, 1.165) is 0 Å². The molecule has 3 nitrogen and oxygen atoms in total. The fraction of sp³-hybridized carbons (Fsp3) is 1.00. The van der Waals surface area contributed by atoms with E-state index in [0.29, 0.717) is 0 Å². The SMILES string of the molecule is CNC1(C)ON1C. The van der Waals surface area contributed by atoms with Crippen LogP contribution >= 0.6 is 0 Å². The predicted octanol–water partition coefficient (Wildman–Crippen LogP) is -0.244. The van der Waals surface area contributed by atoms with Gasteiger partial charge in [-0.2, -0.15) is 0 Å². The van der Waals surface area contributed by atoms with Crippen molar-refractivity contribution in [2.45, 2.75) is 12.8 Å². The fourth-order valence-corrected chi connectivity index (χ4v) is 0.449. The average molecular weight is 102 g/mol. The highest BCUT2D eigenvalue weighted by Gasteiger charge is 2.46. The molecule has 7 heavy (non-hydrogen) atoms. The molecule has 2 atom stereocenters. The Labute approximate surface area is 43.2 Å². The Morgan fingerprint density at radius 1 is 1.71 bits per heavy atom. The summed E-state index contributed by atoms with van der Waals surface area (Å²) in [5.41, 5.74) is 0. The van der Waals surface area contributed by atoms with Crippen LogP contribution in [0, 0.1) is 0 Å². The van der Waals surface area contributed by atoms with Crippen LogP contribution < -0.4 is 5.32 Å². The minimum atomic E-state index is -0.167. The Hall–Kier alpha value is -0.120. The Balaban J connectivity index is 2.36. The number of rotatable bonds is 1. The lowest BCUT2D eigenvalue weighted by atomic mass is 10.5. The van der Waals surface area contributed by atoms with E-state index in [1.807, 2.05) is 21.0 Å². The van der Waals surface area contributed by atoms with E-state index in [1.54, 1.807) is 5.06 Å². The van der Waals surface area contributed by atoms with Crippen molar-refractivity contribution < 1.29 is 4.84 Å². The molecule has 0 amide bonds. The smallest absolute Gasteiger partial charge is 0.214 e. The summed E-state index contributed by atoms with van der Waals surface area (Å²) in [6, 6.07) is 0. The van der Waals surface area contributed by atoms with Gasteiger partial charge in [-0.3, -0.25) is 10.2 Å². The third-order valence-corrected chi connectivity index (χ3v) is 1.35. The molecule has 0 aromatic heterocycles. The van der Waals surface area contributed by atoms with Gasteiger partial charge in [-0.25, -0.2) is 0 Å². The van der Waals surface area contributed by atoms with Crippen LogP contribution in [0.3, 0.4) is 0 Å². The van der Waals surface area contributed by atoms with Gasteiger partial charge in [0.1, 0.15) is 0 Å². The van der Waals surface area contributed by atoms with E-state index in [-0.39, 0.29) is 5.85 Å². The molecule has 0 aromatic rings. The number of nitrogens with one attached hydrogen (secondary N) is 1. The van der Waals surface area contributed by atoms with E-state index in [2.05, 4.69) is 5.32 Å². The molecule has 1 aliphatic heterocycles. The average Bonchev–Trinajstić information content (AvgIpc) is 2.18. The number of hydrogen-bond donors (Lipinski definition) is 1. The van der Waals surface area contributed by atoms with Crippen LogP contribution in [-0.4, -0.2) is 25.0 Å². The Kier molecular flexibility index (Phi) is 0.849. The molecule has 0 spiro atoms. The highest BCUT2D eigenvalue weighted by atomic mass is 16.9. The highest BCUT2D eigenvalue weighted by Crippen LogP contribution is 2.26. The second-order valence-corrected chi connectivity index (χ2v) is 1.82. The molecule has 3 heteroatoms. The minimum Gasteiger partial charge on any atom is -0.277 e. The number of hydroxylamine groups is 2. The summed E-state index contributed by atoms with van der Waals surface area (Å²) in [5.74, 6) is -0.167. The maximum Gasteiger partial charge on any atom is 0.214 e. The second-order valence-electron chi connectivity index (χ2n) is 1.82. The van der Waals surface area contributed by atoms with Gasteiger partial charge in [0.15, 0.2) is 0 Å². The molecule has 1 rings (SSSR count). The minimum absolute atomic E-state index is 0.167. The van der Waals surface area contributed by atoms with Crippen molar-refractivity contribution in [3.63, 3.8) is 0 Å². The molecule has 1 N–H and O–H groups in total. The molecule has 0 radical (unpaired) electrons. The Morgan fingerprint density at radius 2 is 2.14 bits per heavy atom.